The van der Waals surface area contributed by atoms with Gasteiger partial charge in [-0.15, -0.1) is 0 Å². The van der Waals surface area contributed by atoms with Crippen molar-refractivity contribution in [2.45, 2.75) is 77.3 Å². The molecule has 3 saturated carbocycles. The van der Waals surface area contributed by atoms with E-state index in [-0.39, 0.29) is 11.5 Å². The Kier molecular flexibility index (Phi) is 4.57. The van der Waals surface area contributed by atoms with Crippen molar-refractivity contribution < 1.29 is 5.11 Å². The molecule has 0 aromatic rings. The minimum atomic E-state index is 0.110. The van der Waals surface area contributed by atoms with Crippen LogP contribution in [0.3, 0.4) is 0 Å². The highest BCUT2D eigenvalue weighted by Crippen LogP contribution is 2.66. The van der Waals surface area contributed by atoms with Crippen molar-refractivity contribution in [3.8, 4) is 0 Å². The Labute approximate surface area is 153 Å². The topological polar surface area (TPSA) is 58.3 Å². The summed E-state index contributed by atoms with van der Waals surface area (Å²) in [6.07, 6.45) is 12.7. The number of hydrogen-bond acceptors (Lipinski definition) is 3. The number of aliphatic hydroxyl groups is 1. The molecule has 142 valence electrons. The third kappa shape index (κ3) is 2.49. The molecule has 3 fully saturated rings. The Balaban J connectivity index is 1.64. The van der Waals surface area contributed by atoms with Crippen LogP contribution in [-0.2, 0) is 0 Å². The van der Waals surface area contributed by atoms with E-state index in [9.17, 15) is 5.11 Å². The maximum Gasteiger partial charge on any atom is 0.0493 e. The Hall–Kier alpha value is -0.380. The SMILES string of the molecule is CNC1CCC2(C)C(=CCC3C2CCC2(CO)C(C(C)N)CCC32)C1. The molecule has 0 bridgehead atoms. The first kappa shape index (κ1) is 18.0. The largest absolute Gasteiger partial charge is 0.396 e. The van der Waals surface area contributed by atoms with Crippen molar-refractivity contribution in [2.75, 3.05) is 13.7 Å². The lowest BCUT2D eigenvalue weighted by atomic mass is 9.47. The number of aliphatic hydroxyl groups excluding tert-OH is 1. The van der Waals surface area contributed by atoms with Crippen LogP contribution >= 0.6 is 0 Å². The van der Waals surface area contributed by atoms with Gasteiger partial charge in [0.25, 0.3) is 0 Å². The van der Waals surface area contributed by atoms with Crippen molar-refractivity contribution >= 4 is 0 Å². The summed E-state index contributed by atoms with van der Waals surface area (Å²) in [5.74, 6) is 2.79. The zero-order valence-electron chi connectivity index (χ0n) is 16.4. The van der Waals surface area contributed by atoms with E-state index < -0.39 is 0 Å². The van der Waals surface area contributed by atoms with E-state index >= 15 is 0 Å². The predicted octanol–water partition coefficient (Wildman–Crippen LogP) is 3.47. The molecule has 0 spiro atoms. The lowest BCUT2D eigenvalue weighted by Crippen LogP contribution is -2.54. The molecule has 4 aliphatic carbocycles. The number of allylic oxidation sites excluding steroid dienone is 1. The second kappa shape index (κ2) is 6.35. The van der Waals surface area contributed by atoms with Gasteiger partial charge in [0, 0.05) is 24.1 Å². The molecular weight excluding hydrogens is 308 g/mol. The van der Waals surface area contributed by atoms with Gasteiger partial charge in [-0.2, -0.15) is 0 Å². The lowest BCUT2D eigenvalue weighted by molar-refractivity contribution is -0.0805. The van der Waals surface area contributed by atoms with Crippen LogP contribution in [0.1, 0.15) is 65.2 Å². The van der Waals surface area contributed by atoms with Crippen molar-refractivity contribution in [3.05, 3.63) is 11.6 Å². The van der Waals surface area contributed by atoms with Crippen LogP contribution < -0.4 is 11.1 Å². The summed E-state index contributed by atoms with van der Waals surface area (Å²) >= 11 is 0. The molecule has 8 atom stereocenters. The van der Waals surface area contributed by atoms with Crippen LogP contribution in [0.25, 0.3) is 0 Å². The maximum absolute atomic E-state index is 10.4. The molecule has 0 radical (unpaired) electrons. The lowest BCUT2D eigenvalue weighted by Gasteiger charge is -2.59. The average molecular weight is 347 g/mol. The molecule has 4 rings (SSSR count). The van der Waals surface area contributed by atoms with E-state index in [1.54, 1.807) is 5.57 Å². The summed E-state index contributed by atoms with van der Waals surface area (Å²) in [4.78, 5) is 0. The molecule has 0 aromatic heterocycles. The van der Waals surface area contributed by atoms with Gasteiger partial charge in [-0.1, -0.05) is 18.6 Å². The van der Waals surface area contributed by atoms with Gasteiger partial charge in [0.1, 0.15) is 0 Å². The molecule has 0 aromatic carbocycles. The van der Waals surface area contributed by atoms with Gasteiger partial charge >= 0.3 is 0 Å². The summed E-state index contributed by atoms with van der Waals surface area (Å²) in [6.45, 7) is 5.07. The van der Waals surface area contributed by atoms with Gasteiger partial charge in [-0.3, -0.25) is 0 Å². The van der Waals surface area contributed by atoms with E-state index in [0.717, 1.165) is 11.8 Å². The second-order valence-corrected chi connectivity index (χ2v) is 9.96. The van der Waals surface area contributed by atoms with E-state index in [4.69, 9.17) is 5.73 Å². The number of rotatable bonds is 3. The van der Waals surface area contributed by atoms with Gasteiger partial charge in [-0.05, 0) is 94.4 Å². The van der Waals surface area contributed by atoms with Crippen LogP contribution in [0, 0.1) is 34.5 Å². The van der Waals surface area contributed by atoms with Crippen LogP contribution in [0.4, 0.5) is 0 Å². The van der Waals surface area contributed by atoms with Gasteiger partial charge in [0.05, 0.1) is 0 Å². The zero-order valence-corrected chi connectivity index (χ0v) is 16.4. The quantitative estimate of drug-likeness (QED) is 0.686. The minimum Gasteiger partial charge on any atom is -0.396 e. The Morgan fingerprint density at radius 1 is 1.24 bits per heavy atom. The van der Waals surface area contributed by atoms with E-state index in [2.05, 4.69) is 32.3 Å². The summed E-state index contributed by atoms with van der Waals surface area (Å²) in [5.41, 5.74) is 8.62. The van der Waals surface area contributed by atoms with E-state index in [1.807, 2.05) is 0 Å². The van der Waals surface area contributed by atoms with Crippen molar-refractivity contribution in [1.82, 2.24) is 5.32 Å². The Bertz CT molecular complexity index is 544. The van der Waals surface area contributed by atoms with E-state index in [1.165, 1.54) is 51.4 Å². The molecule has 0 saturated heterocycles. The highest BCUT2D eigenvalue weighted by atomic mass is 16.3. The molecule has 25 heavy (non-hydrogen) atoms. The summed E-state index contributed by atoms with van der Waals surface area (Å²) < 4.78 is 0. The molecule has 4 aliphatic rings. The molecule has 0 aliphatic heterocycles. The molecular formula is C22H38N2O. The fraction of sp³-hybridized carbons (Fsp3) is 0.909. The van der Waals surface area contributed by atoms with Crippen molar-refractivity contribution in [2.24, 2.45) is 40.2 Å². The fourth-order valence-electron chi connectivity index (χ4n) is 7.86. The van der Waals surface area contributed by atoms with Gasteiger partial charge in [0.2, 0.25) is 0 Å². The van der Waals surface area contributed by atoms with E-state index in [0.29, 0.717) is 29.9 Å². The molecule has 0 heterocycles. The van der Waals surface area contributed by atoms with Crippen molar-refractivity contribution in [3.63, 3.8) is 0 Å². The number of nitrogens with one attached hydrogen (secondary N) is 1. The van der Waals surface area contributed by atoms with Crippen LogP contribution in [-0.4, -0.2) is 30.8 Å². The zero-order chi connectivity index (χ0) is 17.8. The monoisotopic (exact) mass is 346 g/mol. The number of nitrogens with two attached hydrogens (primary N) is 1. The van der Waals surface area contributed by atoms with Crippen LogP contribution in [0.5, 0.6) is 0 Å². The normalized spacial score (nSPS) is 50.4. The number of hydrogen-bond donors (Lipinski definition) is 3. The summed E-state index contributed by atoms with van der Waals surface area (Å²) in [5, 5.41) is 14.0. The Morgan fingerprint density at radius 3 is 2.72 bits per heavy atom. The molecule has 3 heteroatoms. The third-order valence-electron chi connectivity index (χ3n) is 9.22. The fourth-order valence-corrected chi connectivity index (χ4v) is 7.86. The highest BCUT2D eigenvalue weighted by Gasteiger charge is 2.60. The van der Waals surface area contributed by atoms with Crippen LogP contribution in [0.2, 0.25) is 0 Å². The summed E-state index contributed by atoms with van der Waals surface area (Å²) in [7, 11) is 2.11. The molecule has 4 N–H and O–H groups in total. The first-order valence-electron chi connectivity index (χ1n) is 10.7. The van der Waals surface area contributed by atoms with Gasteiger partial charge < -0.3 is 16.2 Å². The highest BCUT2D eigenvalue weighted by molar-refractivity contribution is 5.26. The smallest absolute Gasteiger partial charge is 0.0493 e. The van der Waals surface area contributed by atoms with Crippen LogP contribution in [0.15, 0.2) is 11.6 Å². The Morgan fingerprint density at radius 2 is 2.04 bits per heavy atom. The summed E-state index contributed by atoms with van der Waals surface area (Å²) in [6, 6.07) is 0.884. The standard InChI is InChI=1S/C22H38N2O/c1-14(23)18-6-7-20-17-5-4-15-12-16(24-3)8-10-21(15,2)19(17)9-11-22(18,20)13-25/h4,14,16-20,24-25H,5-13,23H2,1-3H3. The third-order valence-corrected chi connectivity index (χ3v) is 9.22. The number of fused-ring (bicyclic) bond motifs is 5. The molecule has 3 nitrogen and oxygen atoms in total. The van der Waals surface area contributed by atoms with Gasteiger partial charge in [0.15, 0.2) is 0 Å². The first-order chi connectivity index (χ1) is 12.0. The molecule has 8 unspecified atom stereocenters. The minimum absolute atomic E-state index is 0.110. The van der Waals surface area contributed by atoms with Gasteiger partial charge in [-0.25, -0.2) is 0 Å². The van der Waals surface area contributed by atoms with Crippen molar-refractivity contribution in [1.29, 1.82) is 0 Å². The first-order valence-corrected chi connectivity index (χ1v) is 10.7. The molecule has 0 amide bonds. The average Bonchev–Trinajstić information content (AvgIpc) is 3.01. The predicted molar refractivity (Wildman–Crippen MR) is 103 cm³/mol. The second-order valence-electron chi connectivity index (χ2n) is 9.96. The maximum atomic E-state index is 10.4.